The van der Waals surface area contributed by atoms with E-state index in [-0.39, 0.29) is 0 Å². The highest BCUT2D eigenvalue weighted by atomic mass is 32.2. The van der Waals surface area contributed by atoms with E-state index >= 15 is 0 Å². The van der Waals surface area contributed by atoms with Gasteiger partial charge in [-0.2, -0.15) is 0 Å². The molecule has 0 unspecified atom stereocenters. The van der Waals surface area contributed by atoms with E-state index in [0.29, 0.717) is 28.3 Å². The Bertz CT molecular complexity index is 504. The molecule has 0 saturated carbocycles. The molecule has 0 aliphatic rings. The molecular weight excluding hydrogens is 262 g/mol. The number of sulfonamides is 1. The van der Waals surface area contributed by atoms with Crippen molar-refractivity contribution in [2.75, 3.05) is 12.0 Å². The van der Waals surface area contributed by atoms with Crippen LogP contribution in [0.1, 0.15) is 37.3 Å². The number of nitrogen functional groups attached to an aromatic ring is 1. The van der Waals surface area contributed by atoms with Gasteiger partial charge in [-0.1, -0.05) is 19.8 Å². The van der Waals surface area contributed by atoms with Crippen LogP contribution >= 0.6 is 0 Å². The predicted octanol–water partition coefficient (Wildman–Crippen LogP) is 2.06. The van der Waals surface area contributed by atoms with Crippen LogP contribution < -0.4 is 16.0 Å². The predicted molar refractivity (Wildman–Crippen MR) is 78.4 cm³/mol. The van der Waals surface area contributed by atoms with Gasteiger partial charge in [-0.15, -0.1) is 0 Å². The van der Waals surface area contributed by atoms with Crippen LogP contribution in [0.4, 0.5) is 5.69 Å². The highest BCUT2D eigenvalue weighted by Crippen LogP contribution is 2.23. The number of hydrogen-bond donors (Lipinski definition) is 3. The van der Waals surface area contributed by atoms with Crippen molar-refractivity contribution < 1.29 is 8.42 Å². The van der Waals surface area contributed by atoms with Gasteiger partial charge in [0, 0.05) is 12.2 Å². The topological polar surface area (TPSA) is 84.2 Å². The summed E-state index contributed by atoms with van der Waals surface area (Å²) in [7, 11) is -3.45. The lowest BCUT2D eigenvalue weighted by Crippen LogP contribution is -2.26. The molecule has 0 bridgehead atoms. The second-order valence-corrected chi connectivity index (χ2v) is 6.39. The fourth-order valence-corrected chi connectivity index (χ4v) is 3.63. The number of nitrogens with one attached hydrogen (secondary N) is 2. The molecule has 1 aromatic carbocycles. The fourth-order valence-electron chi connectivity index (χ4n) is 2.11. The molecule has 1 aromatic rings. The van der Waals surface area contributed by atoms with Crippen molar-refractivity contribution in [3.63, 3.8) is 0 Å². The molecule has 1 rings (SSSR count). The number of hydrogen-bond acceptors (Lipinski definition) is 4. The SMILES string of the molecule is CCCCCNS(=O)(=O)c1c(C)cc(NN)cc1C. The summed E-state index contributed by atoms with van der Waals surface area (Å²) < 4.78 is 27.2. The lowest BCUT2D eigenvalue weighted by atomic mass is 10.1. The average molecular weight is 285 g/mol. The number of anilines is 1. The molecule has 0 aliphatic carbocycles. The van der Waals surface area contributed by atoms with E-state index in [9.17, 15) is 8.42 Å². The van der Waals surface area contributed by atoms with Gasteiger partial charge >= 0.3 is 0 Å². The Morgan fingerprint density at radius 1 is 1.16 bits per heavy atom. The molecule has 0 aromatic heterocycles. The van der Waals surface area contributed by atoms with Gasteiger partial charge < -0.3 is 5.43 Å². The third-order valence-corrected chi connectivity index (χ3v) is 4.73. The van der Waals surface area contributed by atoms with Gasteiger partial charge in [0.2, 0.25) is 10.0 Å². The molecule has 5 nitrogen and oxygen atoms in total. The van der Waals surface area contributed by atoms with Crippen LogP contribution in [0.5, 0.6) is 0 Å². The summed E-state index contributed by atoms with van der Waals surface area (Å²) in [4.78, 5) is 0.350. The van der Waals surface area contributed by atoms with Crippen LogP contribution in [-0.2, 0) is 10.0 Å². The molecule has 6 heteroatoms. The lowest BCUT2D eigenvalue weighted by molar-refractivity contribution is 0.575. The van der Waals surface area contributed by atoms with E-state index < -0.39 is 10.0 Å². The fraction of sp³-hybridized carbons (Fsp3) is 0.538. The normalized spacial score (nSPS) is 11.6. The lowest BCUT2D eigenvalue weighted by Gasteiger charge is -2.13. The second-order valence-electron chi connectivity index (χ2n) is 4.69. The maximum atomic E-state index is 12.3. The summed E-state index contributed by atoms with van der Waals surface area (Å²) in [5.41, 5.74) is 4.62. The van der Waals surface area contributed by atoms with Crippen LogP contribution in [0.15, 0.2) is 17.0 Å². The van der Waals surface area contributed by atoms with Crippen molar-refractivity contribution in [3.8, 4) is 0 Å². The summed E-state index contributed by atoms with van der Waals surface area (Å²) >= 11 is 0. The highest BCUT2D eigenvalue weighted by molar-refractivity contribution is 7.89. The zero-order valence-corrected chi connectivity index (χ0v) is 12.6. The third-order valence-electron chi connectivity index (χ3n) is 2.97. The molecule has 0 aliphatic heterocycles. The van der Waals surface area contributed by atoms with Crippen molar-refractivity contribution in [3.05, 3.63) is 23.3 Å². The minimum Gasteiger partial charge on any atom is -0.324 e. The minimum absolute atomic E-state index is 0.350. The van der Waals surface area contributed by atoms with Crippen molar-refractivity contribution in [1.29, 1.82) is 0 Å². The van der Waals surface area contributed by atoms with Crippen LogP contribution in [0, 0.1) is 13.8 Å². The Labute approximate surface area is 115 Å². The van der Waals surface area contributed by atoms with Crippen molar-refractivity contribution in [2.45, 2.75) is 44.9 Å². The number of benzene rings is 1. The van der Waals surface area contributed by atoms with Crippen molar-refractivity contribution in [2.24, 2.45) is 5.84 Å². The Morgan fingerprint density at radius 3 is 2.21 bits per heavy atom. The second kappa shape index (κ2) is 6.88. The van der Waals surface area contributed by atoms with E-state index in [1.54, 1.807) is 26.0 Å². The van der Waals surface area contributed by atoms with Gasteiger partial charge in [0.15, 0.2) is 0 Å². The van der Waals surface area contributed by atoms with Gasteiger partial charge in [0.1, 0.15) is 0 Å². The van der Waals surface area contributed by atoms with Gasteiger partial charge in [0.25, 0.3) is 0 Å². The van der Waals surface area contributed by atoms with Gasteiger partial charge in [-0.05, 0) is 43.5 Å². The maximum absolute atomic E-state index is 12.3. The van der Waals surface area contributed by atoms with Crippen LogP contribution in [0.2, 0.25) is 0 Å². The molecule has 0 amide bonds. The van der Waals surface area contributed by atoms with E-state index in [1.807, 2.05) is 0 Å². The Hall–Kier alpha value is -1.11. The zero-order valence-electron chi connectivity index (χ0n) is 11.8. The number of unbranched alkanes of at least 4 members (excludes halogenated alkanes) is 2. The molecule has 19 heavy (non-hydrogen) atoms. The van der Waals surface area contributed by atoms with Gasteiger partial charge in [0.05, 0.1) is 4.90 Å². The molecule has 0 radical (unpaired) electrons. The molecule has 0 saturated heterocycles. The molecule has 0 fully saturated rings. The molecule has 4 N–H and O–H groups in total. The summed E-state index contributed by atoms with van der Waals surface area (Å²) in [6.07, 6.45) is 2.95. The number of hydrazine groups is 1. The largest absolute Gasteiger partial charge is 0.324 e. The summed E-state index contributed by atoms with van der Waals surface area (Å²) in [5, 5.41) is 0. The smallest absolute Gasteiger partial charge is 0.241 e. The average Bonchev–Trinajstić information content (AvgIpc) is 2.33. The number of rotatable bonds is 7. The molecule has 108 valence electrons. The standard InChI is InChI=1S/C13H23N3O2S/c1-4-5-6-7-15-19(17,18)13-10(2)8-12(16-14)9-11(13)3/h8-9,15-16H,4-7,14H2,1-3H3. The zero-order chi connectivity index (χ0) is 14.5. The molecule has 0 atom stereocenters. The summed E-state index contributed by atoms with van der Waals surface area (Å²) in [6, 6.07) is 3.46. The quantitative estimate of drug-likeness (QED) is 0.407. The molecule has 0 heterocycles. The van der Waals surface area contributed by atoms with E-state index in [0.717, 1.165) is 19.3 Å². The Balaban J connectivity index is 2.95. The van der Waals surface area contributed by atoms with Gasteiger partial charge in [-0.25, -0.2) is 13.1 Å². The number of aryl methyl sites for hydroxylation is 2. The summed E-state index contributed by atoms with van der Waals surface area (Å²) in [6.45, 7) is 6.11. The van der Waals surface area contributed by atoms with Crippen molar-refractivity contribution >= 4 is 15.7 Å². The highest BCUT2D eigenvalue weighted by Gasteiger charge is 2.19. The first-order chi connectivity index (χ1) is 8.92. The van der Waals surface area contributed by atoms with E-state index in [2.05, 4.69) is 17.1 Å². The maximum Gasteiger partial charge on any atom is 0.241 e. The number of nitrogens with two attached hydrogens (primary N) is 1. The Kier molecular flexibility index (Phi) is 5.78. The Morgan fingerprint density at radius 2 is 1.74 bits per heavy atom. The van der Waals surface area contributed by atoms with Gasteiger partial charge in [-0.3, -0.25) is 5.84 Å². The summed E-state index contributed by atoms with van der Waals surface area (Å²) in [5.74, 6) is 5.35. The molecule has 0 spiro atoms. The minimum atomic E-state index is -3.45. The molecular formula is C13H23N3O2S. The first-order valence-electron chi connectivity index (χ1n) is 6.50. The van der Waals surface area contributed by atoms with E-state index in [1.165, 1.54) is 0 Å². The van der Waals surface area contributed by atoms with Crippen LogP contribution in [0.3, 0.4) is 0 Å². The first kappa shape index (κ1) is 15.9. The first-order valence-corrected chi connectivity index (χ1v) is 7.98. The van der Waals surface area contributed by atoms with Crippen LogP contribution in [0.25, 0.3) is 0 Å². The monoisotopic (exact) mass is 285 g/mol. The van der Waals surface area contributed by atoms with Crippen molar-refractivity contribution in [1.82, 2.24) is 4.72 Å². The third kappa shape index (κ3) is 4.19. The van der Waals surface area contributed by atoms with Crippen LogP contribution in [-0.4, -0.2) is 15.0 Å². The van der Waals surface area contributed by atoms with E-state index in [4.69, 9.17) is 5.84 Å².